The van der Waals surface area contributed by atoms with E-state index in [9.17, 15) is 4.79 Å². The maximum absolute atomic E-state index is 11.7. The van der Waals surface area contributed by atoms with E-state index in [0.29, 0.717) is 17.2 Å². The van der Waals surface area contributed by atoms with Gasteiger partial charge in [0.15, 0.2) is 0 Å². The summed E-state index contributed by atoms with van der Waals surface area (Å²) in [4.78, 5) is 11.7. The van der Waals surface area contributed by atoms with E-state index in [2.05, 4.69) is 0 Å². The van der Waals surface area contributed by atoms with Gasteiger partial charge in [-0.3, -0.25) is 0 Å². The minimum atomic E-state index is -0.314. The summed E-state index contributed by atoms with van der Waals surface area (Å²) in [7, 11) is 0. The van der Waals surface area contributed by atoms with Crippen molar-refractivity contribution in [2.24, 2.45) is 0 Å². The van der Waals surface area contributed by atoms with E-state index < -0.39 is 0 Å². The molecule has 18 heavy (non-hydrogen) atoms. The number of esters is 1. The first-order valence-corrected chi connectivity index (χ1v) is 6.12. The van der Waals surface area contributed by atoms with Gasteiger partial charge < -0.3 is 4.74 Å². The molecule has 0 saturated heterocycles. The molecule has 0 atom stereocenters. The summed E-state index contributed by atoms with van der Waals surface area (Å²) in [6, 6.07) is 14.8. The normalized spacial score (nSPS) is 10.1. The van der Waals surface area contributed by atoms with Crippen LogP contribution >= 0.6 is 11.6 Å². The predicted molar refractivity (Wildman–Crippen MR) is 72.8 cm³/mol. The Kier molecular flexibility index (Phi) is 4.00. The average Bonchev–Trinajstić information content (AvgIpc) is 2.40. The van der Waals surface area contributed by atoms with Crippen LogP contribution in [0.3, 0.4) is 0 Å². The summed E-state index contributed by atoms with van der Waals surface area (Å²) >= 11 is 6.14. The highest BCUT2D eigenvalue weighted by Crippen LogP contribution is 2.28. The second-order valence-electron chi connectivity index (χ2n) is 3.78. The molecule has 0 aromatic heterocycles. The zero-order chi connectivity index (χ0) is 13.0. The van der Waals surface area contributed by atoms with Crippen LogP contribution in [0.2, 0.25) is 5.02 Å². The Balaban J connectivity index is 2.39. The van der Waals surface area contributed by atoms with Crippen LogP contribution in [-0.4, -0.2) is 12.6 Å². The zero-order valence-electron chi connectivity index (χ0n) is 10.0. The van der Waals surface area contributed by atoms with Gasteiger partial charge in [-0.25, -0.2) is 4.79 Å². The van der Waals surface area contributed by atoms with Crippen LogP contribution in [0.1, 0.15) is 17.3 Å². The number of benzene rings is 2. The zero-order valence-corrected chi connectivity index (χ0v) is 10.8. The van der Waals surface area contributed by atoms with Gasteiger partial charge in [-0.1, -0.05) is 41.9 Å². The predicted octanol–water partition coefficient (Wildman–Crippen LogP) is 4.18. The lowest BCUT2D eigenvalue weighted by Gasteiger charge is -2.06. The van der Waals surface area contributed by atoms with Gasteiger partial charge in [-0.2, -0.15) is 0 Å². The Hall–Kier alpha value is -1.80. The van der Waals surface area contributed by atoms with Crippen molar-refractivity contribution in [2.45, 2.75) is 6.92 Å². The summed E-state index contributed by atoms with van der Waals surface area (Å²) in [5, 5.41) is 0.665. The van der Waals surface area contributed by atoms with Crippen molar-refractivity contribution < 1.29 is 9.53 Å². The number of ether oxygens (including phenoxy) is 1. The maximum Gasteiger partial charge on any atom is 0.338 e. The van der Waals surface area contributed by atoms with Gasteiger partial charge in [0.2, 0.25) is 0 Å². The van der Waals surface area contributed by atoms with Crippen molar-refractivity contribution in [1.29, 1.82) is 0 Å². The van der Waals surface area contributed by atoms with Gasteiger partial charge in [-0.15, -0.1) is 0 Å². The summed E-state index contributed by atoms with van der Waals surface area (Å²) in [6.45, 7) is 2.16. The quantitative estimate of drug-likeness (QED) is 0.774. The van der Waals surface area contributed by atoms with E-state index in [1.807, 2.05) is 36.4 Å². The second-order valence-corrected chi connectivity index (χ2v) is 4.19. The smallest absolute Gasteiger partial charge is 0.338 e. The summed E-state index contributed by atoms with van der Waals surface area (Å²) in [5.74, 6) is -0.314. The molecule has 0 bridgehead atoms. The van der Waals surface area contributed by atoms with Crippen LogP contribution in [0.5, 0.6) is 0 Å². The maximum atomic E-state index is 11.7. The lowest BCUT2D eigenvalue weighted by Crippen LogP contribution is -2.04. The molecule has 0 heterocycles. The second kappa shape index (κ2) is 5.69. The standard InChI is InChI=1S/C15H13ClO2/c1-2-18-15(17)12-7-5-6-11(10-12)13-8-3-4-9-14(13)16/h3-10H,2H2,1H3. The highest BCUT2D eigenvalue weighted by molar-refractivity contribution is 6.33. The molecule has 3 heteroatoms. The van der Waals surface area contributed by atoms with Gasteiger partial charge in [-0.05, 0) is 30.7 Å². The molecule has 2 rings (SSSR count). The SMILES string of the molecule is CCOC(=O)c1cccc(-c2ccccc2Cl)c1. The number of hydrogen-bond acceptors (Lipinski definition) is 2. The molecule has 2 nitrogen and oxygen atoms in total. The molecule has 0 unspecified atom stereocenters. The first-order chi connectivity index (χ1) is 8.72. The third-order valence-electron chi connectivity index (χ3n) is 2.56. The van der Waals surface area contributed by atoms with E-state index in [-0.39, 0.29) is 5.97 Å². The Labute approximate surface area is 111 Å². The molecule has 0 saturated carbocycles. The summed E-state index contributed by atoms with van der Waals surface area (Å²) in [6.07, 6.45) is 0. The Morgan fingerprint density at radius 3 is 2.67 bits per heavy atom. The van der Waals surface area contributed by atoms with Crippen molar-refractivity contribution >= 4 is 17.6 Å². The number of carbonyl (C=O) groups is 1. The highest BCUT2D eigenvalue weighted by atomic mass is 35.5. The highest BCUT2D eigenvalue weighted by Gasteiger charge is 2.08. The van der Waals surface area contributed by atoms with Gasteiger partial charge in [0, 0.05) is 10.6 Å². The van der Waals surface area contributed by atoms with Crippen LogP contribution in [0, 0.1) is 0 Å². The number of rotatable bonds is 3. The van der Waals surface area contributed by atoms with E-state index in [1.165, 1.54) is 0 Å². The molecule has 92 valence electrons. The number of halogens is 1. The first-order valence-electron chi connectivity index (χ1n) is 5.74. The minimum absolute atomic E-state index is 0.314. The monoisotopic (exact) mass is 260 g/mol. The van der Waals surface area contributed by atoms with Crippen LogP contribution in [0.15, 0.2) is 48.5 Å². The Morgan fingerprint density at radius 1 is 1.17 bits per heavy atom. The van der Waals surface area contributed by atoms with Gasteiger partial charge in [0.25, 0.3) is 0 Å². The van der Waals surface area contributed by atoms with Crippen molar-refractivity contribution in [1.82, 2.24) is 0 Å². The van der Waals surface area contributed by atoms with Crippen molar-refractivity contribution in [3.05, 3.63) is 59.1 Å². The van der Waals surface area contributed by atoms with Gasteiger partial charge >= 0.3 is 5.97 Å². The molecule has 2 aromatic rings. The van der Waals surface area contributed by atoms with E-state index in [4.69, 9.17) is 16.3 Å². The average molecular weight is 261 g/mol. The molecule has 0 N–H and O–H groups in total. The van der Waals surface area contributed by atoms with Gasteiger partial charge in [0.05, 0.1) is 12.2 Å². The largest absolute Gasteiger partial charge is 0.462 e. The molecule has 0 aliphatic rings. The van der Waals surface area contributed by atoms with Crippen LogP contribution in [-0.2, 0) is 4.74 Å². The molecule has 0 spiro atoms. The Morgan fingerprint density at radius 2 is 1.94 bits per heavy atom. The minimum Gasteiger partial charge on any atom is -0.462 e. The van der Waals surface area contributed by atoms with E-state index in [0.717, 1.165) is 11.1 Å². The van der Waals surface area contributed by atoms with Crippen LogP contribution < -0.4 is 0 Å². The van der Waals surface area contributed by atoms with Crippen LogP contribution in [0.4, 0.5) is 0 Å². The molecule has 0 fully saturated rings. The van der Waals surface area contributed by atoms with E-state index >= 15 is 0 Å². The fourth-order valence-electron chi connectivity index (χ4n) is 1.72. The fraction of sp³-hybridized carbons (Fsp3) is 0.133. The molecule has 0 amide bonds. The van der Waals surface area contributed by atoms with Crippen molar-refractivity contribution in [3.8, 4) is 11.1 Å². The first kappa shape index (κ1) is 12.7. The third-order valence-corrected chi connectivity index (χ3v) is 2.89. The third kappa shape index (κ3) is 2.71. The van der Waals surface area contributed by atoms with Crippen molar-refractivity contribution in [3.63, 3.8) is 0 Å². The van der Waals surface area contributed by atoms with Gasteiger partial charge in [0.1, 0.15) is 0 Å². The number of carbonyl (C=O) groups excluding carboxylic acids is 1. The topological polar surface area (TPSA) is 26.3 Å². The molecule has 0 aliphatic carbocycles. The molecule has 0 aliphatic heterocycles. The van der Waals surface area contributed by atoms with Crippen molar-refractivity contribution in [2.75, 3.05) is 6.61 Å². The van der Waals surface area contributed by atoms with E-state index in [1.54, 1.807) is 19.1 Å². The molecule has 2 aromatic carbocycles. The molecular weight excluding hydrogens is 248 g/mol. The van der Waals surface area contributed by atoms with Crippen LogP contribution in [0.25, 0.3) is 11.1 Å². The molecule has 0 radical (unpaired) electrons. The lowest BCUT2D eigenvalue weighted by molar-refractivity contribution is 0.0526. The fourth-order valence-corrected chi connectivity index (χ4v) is 1.97. The summed E-state index contributed by atoms with van der Waals surface area (Å²) in [5.41, 5.74) is 2.35. The number of hydrogen-bond donors (Lipinski definition) is 0. The lowest BCUT2D eigenvalue weighted by atomic mass is 10.0. The summed E-state index contributed by atoms with van der Waals surface area (Å²) < 4.78 is 4.98. The Bertz CT molecular complexity index is 564. The molecular formula is C15H13ClO2.